The highest BCUT2D eigenvalue weighted by Crippen LogP contribution is 2.28. The molecular formula is C16H17N5O. The molecular weight excluding hydrogens is 278 g/mol. The van der Waals surface area contributed by atoms with Gasteiger partial charge in [-0.25, -0.2) is 4.68 Å². The summed E-state index contributed by atoms with van der Waals surface area (Å²) in [7, 11) is 0. The molecule has 6 nitrogen and oxygen atoms in total. The maximum Gasteiger partial charge on any atom is 0.229 e. The lowest BCUT2D eigenvalue weighted by Gasteiger charge is -2.19. The minimum Gasteiger partial charge on any atom is -0.324 e. The number of hydrogen-bond donors (Lipinski definition) is 1. The zero-order chi connectivity index (χ0) is 15.7. The van der Waals surface area contributed by atoms with Crippen LogP contribution in [-0.2, 0) is 4.79 Å². The second-order valence-corrected chi connectivity index (χ2v) is 6.08. The molecule has 22 heavy (non-hydrogen) atoms. The average Bonchev–Trinajstić information content (AvgIpc) is 3.00. The van der Waals surface area contributed by atoms with E-state index >= 15 is 0 Å². The molecule has 1 amide bonds. The van der Waals surface area contributed by atoms with Gasteiger partial charge in [0.15, 0.2) is 0 Å². The van der Waals surface area contributed by atoms with Crippen molar-refractivity contribution in [1.29, 1.82) is 0 Å². The lowest BCUT2D eigenvalue weighted by atomic mass is 9.95. The van der Waals surface area contributed by atoms with Gasteiger partial charge in [-0.2, -0.15) is 0 Å². The van der Waals surface area contributed by atoms with E-state index < -0.39 is 5.41 Å². The van der Waals surface area contributed by atoms with Gasteiger partial charge in [-0.3, -0.25) is 9.78 Å². The molecule has 0 aliphatic rings. The van der Waals surface area contributed by atoms with E-state index in [1.807, 2.05) is 45.0 Å². The predicted molar refractivity (Wildman–Crippen MR) is 84.7 cm³/mol. The fourth-order valence-electron chi connectivity index (χ4n) is 2.10. The van der Waals surface area contributed by atoms with Gasteiger partial charge in [0.25, 0.3) is 0 Å². The zero-order valence-electron chi connectivity index (χ0n) is 12.7. The van der Waals surface area contributed by atoms with Gasteiger partial charge in [-0.15, -0.1) is 5.10 Å². The van der Waals surface area contributed by atoms with E-state index in [-0.39, 0.29) is 5.91 Å². The number of nitrogens with zero attached hydrogens (tertiary/aromatic N) is 4. The molecule has 0 bridgehead atoms. The van der Waals surface area contributed by atoms with Gasteiger partial charge < -0.3 is 5.32 Å². The first kappa shape index (κ1) is 14.2. The largest absolute Gasteiger partial charge is 0.324 e. The molecule has 0 unspecified atom stereocenters. The van der Waals surface area contributed by atoms with Crippen LogP contribution in [0.15, 0.2) is 42.9 Å². The van der Waals surface area contributed by atoms with Crippen molar-refractivity contribution in [2.75, 3.05) is 5.32 Å². The fourth-order valence-corrected chi connectivity index (χ4v) is 2.10. The summed E-state index contributed by atoms with van der Waals surface area (Å²) in [6.07, 6.45) is 5.10. The van der Waals surface area contributed by atoms with Gasteiger partial charge in [0.2, 0.25) is 5.91 Å². The lowest BCUT2D eigenvalue weighted by molar-refractivity contribution is -0.123. The highest BCUT2D eigenvalue weighted by molar-refractivity contribution is 6.04. The fraction of sp³-hybridized carbons (Fsp3) is 0.250. The molecule has 0 aliphatic carbocycles. The van der Waals surface area contributed by atoms with Gasteiger partial charge in [0.05, 0.1) is 29.3 Å². The topological polar surface area (TPSA) is 72.7 Å². The summed E-state index contributed by atoms with van der Waals surface area (Å²) in [4.78, 5) is 16.6. The third-order valence-electron chi connectivity index (χ3n) is 3.35. The smallest absolute Gasteiger partial charge is 0.229 e. The molecule has 2 heterocycles. The Labute approximate surface area is 128 Å². The van der Waals surface area contributed by atoms with Gasteiger partial charge in [0.1, 0.15) is 0 Å². The molecule has 0 aliphatic heterocycles. The number of fused-ring (bicyclic) bond motifs is 1. The Hall–Kier alpha value is -2.76. The molecule has 0 saturated carbocycles. The summed E-state index contributed by atoms with van der Waals surface area (Å²) in [6, 6.07) is 7.55. The molecule has 0 atom stereocenters. The molecule has 1 aromatic carbocycles. The second kappa shape index (κ2) is 5.22. The number of carbonyl (C=O) groups is 1. The maximum absolute atomic E-state index is 12.2. The van der Waals surface area contributed by atoms with Crippen molar-refractivity contribution in [1.82, 2.24) is 20.0 Å². The number of anilines is 1. The molecule has 3 aromatic rings. The summed E-state index contributed by atoms with van der Waals surface area (Å²) in [6.45, 7) is 5.63. The van der Waals surface area contributed by atoms with Crippen molar-refractivity contribution in [2.45, 2.75) is 20.8 Å². The van der Waals surface area contributed by atoms with Crippen molar-refractivity contribution >= 4 is 22.5 Å². The highest BCUT2D eigenvalue weighted by atomic mass is 16.2. The van der Waals surface area contributed by atoms with Crippen molar-refractivity contribution in [3.05, 3.63) is 42.9 Å². The van der Waals surface area contributed by atoms with E-state index in [9.17, 15) is 4.79 Å². The third kappa shape index (κ3) is 2.55. The third-order valence-corrected chi connectivity index (χ3v) is 3.35. The number of aromatic nitrogens is 4. The number of nitrogens with one attached hydrogen (secondary N) is 1. The van der Waals surface area contributed by atoms with E-state index in [1.54, 1.807) is 23.3 Å². The maximum atomic E-state index is 12.2. The van der Waals surface area contributed by atoms with Crippen LogP contribution in [0.2, 0.25) is 0 Å². The molecule has 2 aromatic heterocycles. The average molecular weight is 295 g/mol. The minimum absolute atomic E-state index is 0.0482. The molecule has 0 fully saturated rings. The molecule has 0 radical (unpaired) electrons. The van der Waals surface area contributed by atoms with Crippen molar-refractivity contribution in [2.24, 2.45) is 5.41 Å². The predicted octanol–water partition coefficient (Wildman–Crippen LogP) is 2.80. The first-order valence-corrected chi connectivity index (χ1v) is 7.03. The van der Waals surface area contributed by atoms with E-state index in [4.69, 9.17) is 0 Å². The van der Waals surface area contributed by atoms with E-state index in [1.165, 1.54) is 0 Å². The van der Waals surface area contributed by atoms with Crippen LogP contribution in [0.25, 0.3) is 16.6 Å². The van der Waals surface area contributed by atoms with Crippen LogP contribution in [0.5, 0.6) is 0 Å². The van der Waals surface area contributed by atoms with Crippen molar-refractivity contribution in [3.63, 3.8) is 0 Å². The van der Waals surface area contributed by atoms with E-state index in [2.05, 4.69) is 20.6 Å². The summed E-state index contributed by atoms with van der Waals surface area (Å²) in [5.41, 5.74) is 1.83. The first-order chi connectivity index (χ1) is 10.5. The van der Waals surface area contributed by atoms with Gasteiger partial charge in [0, 0.05) is 17.0 Å². The summed E-state index contributed by atoms with van der Waals surface area (Å²) in [5, 5.41) is 11.7. The number of hydrogen-bond acceptors (Lipinski definition) is 4. The second-order valence-electron chi connectivity index (χ2n) is 6.08. The first-order valence-electron chi connectivity index (χ1n) is 7.03. The van der Waals surface area contributed by atoms with Crippen LogP contribution in [0, 0.1) is 5.41 Å². The number of amides is 1. The quantitative estimate of drug-likeness (QED) is 0.789. The molecule has 3 rings (SSSR count). The molecule has 1 N–H and O–H groups in total. The van der Waals surface area contributed by atoms with Gasteiger partial charge >= 0.3 is 0 Å². The van der Waals surface area contributed by atoms with Crippen LogP contribution >= 0.6 is 0 Å². The Kier molecular flexibility index (Phi) is 3.36. The zero-order valence-corrected chi connectivity index (χ0v) is 12.7. The minimum atomic E-state index is -0.467. The van der Waals surface area contributed by atoms with E-state index in [0.29, 0.717) is 5.69 Å². The molecule has 112 valence electrons. The van der Waals surface area contributed by atoms with Crippen LogP contribution in [0.4, 0.5) is 5.69 Å². The van der Waals surface area contributed by atoms with Gasteiger partial charge in [-0.05, 0) is 24.3 Å². The standard InChI is InChI=1S/C16H17N5O/c1-16(2,3)15(22)19-12-6-7-13(21-10-9-18-20-21)11-5-4-8-17-14(11)12/h4-10H,1-3H3,(H,19,22). The van der Waals surface area contributed by atoms with E-state index in [0.717, 1.165) is 16.6 Å². The molecule has 0 spiro atoms. The Bertz CT molecular complexity index is 818. The van der Waals surface area contributed by atoms with Crippen LogP contribution in [0.3, 0.4) is 0 Å². The number of pyridine rings is 1. The monoisotopic (exact) mass is 295 g/mol. The van der Waals surface area contributed by atoms with Crippen molar-refractivity contribution < 1.29 is 4.79 Å². The Balaban J connectivity index is 2.11. The Morgan fingerprint density at radius 2 is 2.00 bits per heavy atom. The summed E-state index contributed by atoms with van der Waals surface area (Å²) < 4.78 is 1.68. The lowest BCUT2D eigenvalue weighted by Crippen LogP contribution is -2.27. The summed E-state index contributed by atoms with van der Waals surface area (Å²) >= 11 is 0. The van der Waals surface area contributed by atoms with Gasteiger partial charge in [-0.1, -0.05) is 26.0 Å². The number of carbonyl (C=O) groups excluding carboxylic acids is 1. The molecule has 6 heteroatoms. The number of rotatable bonds is 2. The van der Waals surface area contributed by atoms with Crippen LogP contribution < -0.4 is 5.32 Å². The number of benzene rings is 1. The van der Waals surface area contributed by atoms with Crippen LogP contribution in [-0.4, -0.2) is 25.9 Å². The van der Waals surface area contributed by atoms with Crippen molar-refractivity contribution in [3.8, 4) is 5.69 Å². The Morgan fingerprint density at radius 3 is 2.68 bits per heavy atom. The highest BCUT2D eigenvalue weighted by Gasteiger charge is 2.22. The normalized spacial score (nSPS) is 11.6. The SMILES string of the molecule is CC(C)(C)C(=O)Nc1ccc(-n2ccnn2)c2cccnc12. The summed E-state index contributed by atoms with van der Waals surface area (Å²) in [5.74, 6) is -0.0482. The van der Waals surface area contributed by atoms with Crippen LogP contribution in [0.1, 0.15) is 20.8 Å². The Morgan fingerprint density at radius 1 is 1.18 bits per heavy atom. The molecule has 0 saturated heterocycles.